The molecular formula is C23H31N3O3S. The molecule has 1 saturated heterocycles. The van der Waals surface area contributed by atoms with Gasteiger partial charge in [-0.05, 0) is 87.2 Å². The molecule has 1 aliphatic rings. The van der Waals surface area contributed by atoms with E-state index in [1.54, 1.807) is 42.5 Å². The zero-order chi connectivity index (χ0) is 21.7. The Morgan fingerprint density at radius 2 is 1.70 bits per heavy atom. The Morgan fingerprint density at radius 3 is 2.30 bits per heavy atom. The smallest absolute Gasteiger partial charge is 0.261 e. The Hall–Kier alpha value is -2.38. The van der Waals surface area contributed by atoms with Gasteiger partial charge < -0.3 is 10.2 Å². The van der Waals surface area contributed by atoms with Gasteiger partial charge in [-0.15, -0.1) is 0 Å². The Labute approximate surface area is 179 Å². The van der Waals surface area contributed by atoms with Crippen LogP contribution in [0, 0.1) is 13.8 Å². The SMILES string of the molecule is CCCN1CCC(NC(=O)c2ccc(NS(=O)(=O)c3ccc(C)c(C)c3)cc2)CC1. The third-order valence-corrected chi connectivity index (χ3v) is 7.03. The molecule has 2 aromatic carbocycles. The lowest BCUT2D eigenvalue weighted by Gasteiger charge is -2.32. The first-order valence-electron chi connectivity index (χ1n) is 10.5. The van der Waals surface area contributed by atoms with Crippen molar-refractivity contribution in [2.45, 2.75) is 51.0 Å². The fraction of sp³-hybridized carbons (Fsp3) is 0.435. The highest BCUT2D eigenvalue weighted by Crippen LogP contribution is 2.19. The van der Waals surface area contributed by atoms with E-state index >= 15 is 0 Å². The minimum absolute atomic E-state index is 0.118. The molecule has 162 valence electrons. The maximum absolute atomic E-state index is 12.6. The Bertz CT molecular complexity index is 979. The Morgan fingerprint density at radius 1 is 1.03 bits per heavy atom. The molecule has 0 radical (unpaired) electrons. The van der Waals surface area contributed by atoms with E-state index in [4.69, 9.17) is 0 Å². The van der Waals surface area contributed by atoms with E-state index in [-0.39, 0.29) is 16.8 Å². The first-order valence-corrected chi connectivity index (χ1v) is 12.0. The van der Waals surface area contributed by atoms with Crippen molar-refractivity contribution in [3.8, 4) is 0 Å². The number of aryl methyl sites for hydroxylation is 2. The molecule has 0 atom stereocenters. The number of carbonyl (C=O) groups is 1. The lowest BCUT2D eigenvalue weighted by atomic mass is 10.0. The molecule has 30 heavy (non-hydrogen) atoms. The molecule has 0 saturated carbocycles. The summed E-state index contributed by atoms with van der Waals surface area (Å²) in [6.45, 7) is 9.14. The number of hydrogen-bond donors (Lipinski definition) is 2. The van der Waals surface area contributed by atoms with Crippen LogP contribution >= 0.6 is 0 Å². The molecule has 1 fully saturated rings. The van der Waals surface area contributed by atoms with E-state index in [1.165, 1.54) is 0 Å². The van der Waals surface area contributed by atoms with Crippen LogP contribution in [0.25, 0.3) is 0 Å². The number of amides is 1. The van der Waals surface area contributed by atoms with Crippen LogP contribution in [0.15, 0.2) is 47.4 Å². The fourth-order valence-corrected chi connectivity index (χ4v) is 4.81. The van der Waals surface area contributed by atoms with Crippen LogP contribution in [0.3, 0.4) is 0 Å². The van der Waals surface area contributed by atoms with Crippen molar-refractivity contribution in [1.29, 1.82) is 0 Å². The number of sulfonamides is 1. The van der Waals surface area contributed by atoms with Crippen LogP contribution in [-0.4, -0.2) is 44.9 Å². The molecule has 2 aromatic rings. The van der Waals surface area contributed by atoms with E-state index in [9.17, 15) is 13.2 Å². The van der Waals surface area contributed by atoms with Crippen molar-refractivity contribution in [3.63, 3.8) is 0 Å². The minimum atomic E-state index is -3.67. The molecule has 2 N–H and O–H groups in total. The predicted molar refractivity (Wildman–Crippen MR) is 120 cm³/mol. The summed E-state index contributed by atoms with van der Waals surface area (Å²) in [4.78, 5) is 15.2. The number of carbonyl (C=O) groups excluding carboxylic acids is 1. The van der Waals surface area contributed by atoms with Crippen LogP contribution in [-0.2, 0) is 10.0 Å². The van der Waals surface area contributed by atoms with Gasteiger partial charge in [-0.3, -0.25) is 9.52 Å². The lowest BCUT2D eigenvalue weighted by molar-refractivity contribution is 0.0911. The average Bonchev–Trinajstić information content (AvgIpc) is 2.72. The number of anilines is 1. The average molecular weight is 430 g/mol. The molecule has 7 heteroatoms. The van der Waals surface area contributed by atoms with Crippen LogP contribution in [0.5, 0.6) is 0 Å². The molecule has 1 amide bonds. The third-order valence-electron chi connectivity index (χ3n) is 5.65. The highest BCUT2D eigenvalue weighted by molar-refractivity contribution is 7.92. The molecule has 0 aromatic heterocycles. The monoisotopic (exact) mass is 429 g/mol. The Kier molecular flexibility index (Phi) is 7.15. The first-order chi connectivity index (χ1) is 14.3. The quantitative estimate of drug-likeness (QED) is 0.703. The number of nitrogens with one attached hydrogen (secondary N) is 2. The summed E-state index contributed by atoms with van der Waals surface area (Å²) in [5.41, 5.74) is 2.92. The van der Waals surface area contributed by atoms with Crippen molar-refractivity contribution in [2.24, 2.45) is 0 Å². The fourth-order valence-electron chi connectivity index (χ4n) is 3.67. The van der Waals surface area contributed by atoms with Crippen LogP contribution in [0.1, 0.15) is 47.7 Å². The van der Waals surface area contributed by atoms with E-state index in [0.717, 1.165) is 50.0 Å². The second kappa shape index (κ2) is 9.62. The third kappa shape index (κ3) is 5.61. The number of rotatable bonds is 7. The molecule has 1 aliphatic heterocycles. The number of nitrogens with zero attached hydrogens (tertiary/aromatic N) is 1. The van der Waals surface area contributed by atoms with E-state index in [0.29, 0.717) is 11.3 Å². The highest BCUT2D eigenvalue weighted by atomic mass is 32.2. The van der Waals surface area contributed by atoms with Gasteiger partial charge in [0, 0.05) is 30.4 Å². The molecule has 1 heterocycles. The van der Waals surface area contributed by atoms with Crippen molar-refractivity contribution in [3.05, 3.63) is 59.2 Å². The number of piperidine rings is 1. The van der Waals surface area contributed by atoms with Gasteiger partial charge in [-0.2, -0.15) is 0 Å². The summed E-state index contributed by atoms with van der Waals surface area (Å²) in [5, 5.41) is 3.10. The van der Waals surface area contributed by atoms with E-state index < -0.39 is 10.0 Å². The molecule has 3 rings (SSSR count). The molecular weight excluding hydrogens is 398 g/mol. The largest absolute Gasteiger partial charge is 0.349 e. The zero-order valence-electron chi connectivity index (χ0n) is 17.9. The summed E-state index contributed by atoms with van der Waals surface area (Å²) >= 11 is 0. The molecule has 0 aliphatic carbocycles. The number of likely N-dealkylation sites (tertiary alicyclic amines) is 1. The van der Waals surface area contributed by atoms with E-state index in [2.05, 4.69) is 21.9 Å². The van der Waals surface area contributed by atoms with Gasteiger partial charge >= 0.3 is 0 Å². The van der Waals surface area contributed by atoms with E-state index in [1.807, 2.05) is 13.8 Å². The van der Waals surface area contributed by atoms with Crippen LogP contribution < -0.4 is 10.0 Å². The van der Waals surface area contributed by atoms with Gasteiger partial charge in [-0.25, -0.2) is 8.42 Å². The first kappa shape index (κ1) is 22.3. The standard InChI is InChI=1S/C23H31N3O3S/c1-4-13-26-14-11-20(12-15-26)24-23(27)19-6-8-21(9-7-19)25-30(28,29)22-10-5-17(2)18(3)16-22/h5-10,16,20,25H,4,11-15H2,1-3H3,(H,24,27). The maximum atomic E-state index is 12.6. The summed E-state index contributed by atoms with van der Waals surface area (Å²) in [7, 11) is -3.67. The molecule has 0 spiro atoms. The maximum Gasteiger partial charge on any atom is 0.261 e. The second-order valence-corrected chi connectivity index (χ2v) is 9.70. The summed E-state index contributed by atoms with van der Waals surface area (Å²) < 4.78 is 27.8. The van der Waals surface area contributed by atoms with Crippen molar-refractivity contribution >= 4 is 21.6 Å². The summed E-state index contributed by atoms with van der Waals surface area (Å²) in [6, 6.07) is 11.8. The van der Waals surface area contributed by atoms with Gasteiger partial charge in [-0.1, -0.05) is 13.0 Å². The molecule has 0 bridgehead atoms. The van der Waals surface area contributed by atoms with Gasteiger partial charge in [0.25, 0.3) is 15.9 Å². The van der Waals surface area contributed by atoms with Crippen molar-refractivity contribution in [2.75, 3.05) is 24.4 Å². The predicted octanol–water partition coefficient (Wildman–Crippen LogP) is 3.71. The number of hydrogen-bond acceptors (Lipinski definition) is 4. The lowest BCUT2D eigenvalue weighted by Crippen LogP contribution is -2.44. The van der Waals surface area contributed by atoms with Crippen LogP contribution in [0.4, 0.5) is 5.69 Å². The Balaban J connectivity index is 1.59. The minimum Gasteiger partial charge on any atom is -0.349 e. The molecule has 0 unspecified atom stereocenters. The normalized spacial score (nSPS) is 15.7. The molecule has 6 nitrogen and oxygen atoms in total. The zero-order valence-corrected chi connectivity index (χ0v) is 18.8. The van der Waals surface area contributed by atoms with Crippen LogP contribution in [0.2, 0.25) is 0 Å². The van der Waals surface area contributed by atoms with Gasteiger partial charge in [0.2, 0.25) is 0 Å². The highest BCUT2D eigenvalue weighted by Gasteiger charge is 2.21. The topological polar surface area (TPSA) is 78.5 Å². The number of benzene rings is 2. The van der Waals surface area contributed by atoms with Crippen molar-refractivity contribution in [1.82, 2.24) is 10.2 Å². The van der Waals surface area contributed by atoms with Gasteiger partial charge in [0.1, 0.15) is 0 Å². The summed E-state index contributed by atoms with van der Waals surface area (Å²) in [6.07, 6.45) is 3.07. The second-order valence-electron chi connectivity index (χ2n) is 8.02. The van der Waals surface area contributed by atoms with Gasteiger partial charge in [0.05, 0.1) is 4.90 Å². The van der Waals surface area contributed by atoms with Crippen molar-refractivity contribution < 1.29 is 13.2 Å². The van der Waals surface area contributed by atoms with Gasteiger partial charge in [0.15, 0.2) is 0 Å². The summed E-state index contributed by atoms with van der Waals surface area (Å²) in [5.74, 6) is -0.118.